The van der Waals surface area contributed by atoms with Gasteiger partial charge in [-0.1, -0.05) is 24.3 Å². The van der Waals surface area contributed by atoms with Crippen molar-refractivity contribution in [2.24, 2.45) is 0 Å². The van der Waals surface area contributed by atoms with Gasteiger partial charge in [0.05, 0.1) is 0 Å². The van der Waals surface area contributed by atoms with Crippen molar-refractivity contribution in [1.82, 2.24) is 5.32 Å². The lowest BCUT2D eigenvalue weighted by atomic mass is 9.86. The molecular weight excluding hydrogens is 198 g/mol. The number of carbonyl (C=O) groups is 1. The predicted molar refractivity (Wildman–Crippen MR) is 66.0 cm³/mol. The zero-order chi connectivity index (χ0) is 11.8. The predicted octanol–water partition coefficient (Wildman–Crippen LogP) is 2.54. The van der Waals surface area contributed by atoms with Crippen LogP contribution in [0.2, 0.25) is 0 Å². The van der Waals surface area contributed by atoms with Crippen molar-refractivity contribution in [2.45, 2.75) is 32.7 Å². The van der Waals surface area contributed by atoms with Gasteiger partial charge in [-0.2, -0.15) is 0 Å². The van der Waals surface area contributed by atoms with Gasteiger partial charge in [0.15, 0.2) is 5.78 Å². The van der Waals surface area contributed by atoms with Crippen LogP contribution in [0.1, 0.15) is 31.9 Å². The van der Waals surface area contributed by atoms with Gasteiger partial charge in [-0.15, -0.1) is 0 Å². The molecule has 0 saturated heterocycles. The first-order chi connectivity index (χ1) is 7.48. The minimum Gasteiger partial charge on any atom is -0.379 e. The normalized spacial score (nSPS) is 20.1. The zero-order valence-corrected chi connectivity index (χ0v) is 10.0. The second-order valence-corrected chi connectivity index (χ2v) is 5.01. The van der Waals surface area contributed by atoms with Gasteiger partial charge in [0, 0.05) is 22.9 Å². The number of hydrogen-bond acceptors (Lipinski definition) is 2. The van der Waals surface area contributed by atoms with Crippen LogP contribution in [0.5, 0.6) is 0 Å². The lowest BCUT2D eigenvalue weighted by Crippen LogP contribution is -2.43. The van der Waals surface area contributed by atoms with E-state index in [1.54, 1.807) is 13.0 Å². The maximum absolute atomic E-state index is 11.2. The van der Waals surface area contributed by atoms with Gasteiger partial charge in [0.25, 0.3) is 0 Å². The summed E-state index contributed by atoms with van der Waals surface area (Å²) in [6, 6.07) is 8.25. The molecule has 16 heavy (non-hydrogen) atoms. The van der Waals surface area contributed by atoms with E-state index in [2.05, 4.69) is 31.3 Å². The van der Waals surface area contributed by atoms with Crippen molar-refractivity contribution in [2.75, 3.05) is 0 Å². The fourth-order valence-electron chi connectivity index (χ4n) is 2.21. The summed E-state index contributed by atoms with van der Waals surface area (Å²) in [5.74, 6) is 0.0787. The summed E-state index contributed by atoms with van der Waals surface area (Å²) >= 11 is 0. The molecule has 0 saturated carbocycles. The summed E-state index contributed by atoms with van der Waals surface area (Å²) in [5.41, 5.74) is 3.41. The number of ketones is 1. The molecule has 1 aromatic rings. The van der Waals surface area contributed by atoms with E-state index in [0.717, 1.165) is 17.7 Å². The molecule has 2 heteroatoms. The van der Waals surface area contributed by atoms with Gasteiger partial charge >= 0.3 is 0 Å². The van der Waals surface area contributed by atoms with E-state index in [4.69, 9.17) is 0 Å². The molecule has 0 atom stereocenters. The molecule has 0 spiro atoms. The standard InChI is InChI=1S/C14H17NO/c1-10(16)8-13-12-7-5-4-6-11(12)9-14(2,3)15-13/h4-8,15H,9H2,1-3H3/b13-8-. The molecule has 0 amide bonds. The Balaban J connectivity index is 2.52. The quantitative estimate of drug-likeness (QED) is 0.729. The number of hydrogen-bond donors (Lipinski definition) is 1. The van der Waals surface area contributed by atoms with Gasteiger partial charge in [0.1, 0.15) is 0 Å². The van der Waals surface area contributed by atoms with Crippen LogP contribution in [0.15, 0.2) is 30.3 Å². The van der Waals surface area contributed by atoms with Gasteiger partial charge in [-0.05, 0) is 32.8 Å². The maximum atomic E-state index is 11.2. The van der Waals surface area contributed by atoms with E-state index < -0.39 is 0 Å². The van der Waals surface area contributed by atoms with E-state index in [0.29, 0.717) is 0 Å². The highest BCUT2D eigenvalue weighted by atomic mass is 16.1. The Morgan fingerprint density at radius 2 is 2.06 bits per heavy atom. The van der Waals surface area contributed by atoms with Crippen molar-refractivity contribution < 1.29 is 4.79 Å². The molecule has 0 radical (unpaired) electrons. The van der Waals surface area contributed by atoms with Gasteiger partial charge in [-0.3, -0.25) is 4.79 Å². The van der Waals surface area contributed by atoms with Crippen LogP contribution < -0.4 is 5.32 Å². The van der Waals surface area contributed by atoms with Gasteiger partial charge in [0.2, 0.25) is 0 Å². The molecule has 2 nitrogen and oxygen atoms in total. The number of carbonyl (C=O) groups excluding carboxylic acids is 1. The highest BCUT2D eigenvalue weighted by molar-refractivity contribution is 5.95. The monoisotopic (exact) mass is 215 g/mol. The molecule has 1 heterocycles. The molecule has 1 aromatic carbocycles. The molecule has 1 N–H and O–H groups in total. The Hall–Kier alpha value is -1.57. The van der Waals surface area contributed by atoms with Crippen molar-refractivity contribution >= 4 is 11.5 Å². The third kappa shape index (κ3) is 2.16. The average molecular weight is 215 g/mol. The first-order valence-corrected chi connectivity index (χ1v) is 5.57. The van der Waals surface area contributed by atoms with E-state index in [1.807, 2.05) is 12.1 Å². The van der Waals surface area contributed by atoms with Crippen LogP contribution in [-0.4, -0.2) is 11.3 Å². The third-order valence-electron chi connectivity index (χ3n) is 2.76. The molecule has 0 bridgehead atoms. The van der Waals surface area contributed by atoms with Crippen LogP contribution in [0.3, 0.4) is 0 Å². The van der Waals surface area contributed by atoms with Crippen molar-refractivity contribution in [3.63, 3.8) is 0 Å². The SMILES string of the molecule is CC(=O)/C=C1\NC(C)(C)Cc2ccccc21. The Morgan fingerprint density at radius 3 is 2.75 bits per heavy atom. The van der Waals surface area contributed by atoms with Crippen LogP contribution >= 0.6 is 0 Å². The second kappa shape index (κ2) is 3.78. The molecular formula is C14H17NO. The number of rotatable bonds is 1. The first kappa shape index (κ1) is 10.9. The maximum Gasteiger partial charge on any atom is 0.154 e. The Kier molecular flexibility index (Phi) is 2.58. The lowest BCUT2D eigenvalue weighted by Gasteiger charge is -2.35. The van der Waals surface area contributed by atoms with E-state index >= 15 is 0 Å². The van der Waals surface area contributed by atoms with E-state index in [1.165, 1.54) is 5.56 Å². The van der Waals surface area contributed by atoms with Crippen LogP contribution in [-0.2, 0) is 11.2 Å². The number of allylic oxidation sites excluding steroid dienone is 1. The van der Waals surface area contributed by atoms with E-state index in [-0.39, 0.29) is 11.3 Å². The smallest absolute Gasteiger partial charge is 0.154 e. The van der Waals surface area contributed by atoms with Gasteiger partial charge < -0.3 is 5.32 Å². The number of benzene rings is 1. The molecule has 84 valence electrons. The summed E-state index contributed by atoms with van der Waals surface area (Å²) < 4.78 is 0. The van der Waals surface area contributed by atoms with Crippen LogP contribution in [0.4, 0.5) is 0 Å². The lowest BCUT2D eigenvalue weighted by molar-refractivity contribution is -0.112. The molecule has 0 aliphatic carbocycles. The molecule has 0 aromatic heterocycles. The zero-order valence-electron chi connectivity index (χ0n) is 10.0. The molecule has 0 fully saturated rings. The van der Waals surface area contributed by atoms with Gasteiger partial charge in [-0.25, -0.2) is 0 Å². The summed E-state index contributed by atoms with van der Waals surface area (Å²) in [4.78, 5) is 11.2. The highest BCUT2D eigenvalue weighted by Gasteiger charge is 2.27. The second-order valence-electron chi connectivity index (χ2n) is 5.01. The Bertz CT molecular complexity index is 458. The van der Waals surface area contributed by atoms with Crippen LogP contribution in [0, 0.1) is 0 Å². The first-order valence-electron chi connectivity index (χ1n) is 5.57. The number of fused-ring (bicyclic) bond motifs is 1. The molecule has 0 unspecified atom stereocenters. The van der Waals surface area contributed by atoms with Crippen LogP contribution in [0.25, 0.3) is 5.70 Å². The molecule has 2 rings (SSSR count). The Morgan fingerprint density at radius 1 is 1.38 bits per heavy atom. The fraction of sp³-hybridized carbons (Fsp3) is 0.357. The molecule has 1 aliphatic rings. The van der Waals surface area contributed by atoms with Crippen molar-refractivity contribution in [3.05, 3.63) is 41.5 Å². The average Bonchev–Trinajstić information content (AvgIpc) is 2.14. The topological polar surface area (TPSA) is 29.1 Å². The third-order valence-corrected chi connectivity index (χ3v) is 2.76. The highest BCUT2D eigenvalue weighted by Crippen LogP contribution is 2.29. The number of nitrogens with one attached hydrogen (secondary N) is 1. The Labute approximate surface area is 96.4 Å². The fourth-order valence-corrected chi connectivity index (χ4v) is 2.21. The minimum absolute atomic E-state index is 0.00956. The largest absolute Gasteiger partial charge is 0.379 e. The summed E-state index contributed by atoms with van der Waals surface area (Å²) in [6.07, 6.45) is 2.66. The summed E-state index contributed by atoms with van der Waals surface area (Å²) in [5, 5.41) is 3.42. The van der Waals surface area contributed by atoms with Crippen molar-refractivity contribution in [1.29, 1.82) is 0 Å². The summed E-state index contributed by atoms with van der Waals surface area (Å²) in [7, 11) is 0. The van der Waals surface area contributed by atoms with Crippen molar-refractivity contribution in [3.8, 4) is 0 Å². The minimum atomic E-state index is 0.00956. The summed E-state index contributed by atoms with van der Waals surface area (Å²) in [6.45, 7) is 5.88. The molecule has 1 aliphatic heterocycles. The van der Waals surface area contributed by atoms with E-state index in [9.17, 15) is 4.79 Å².